The standard InChI is InChI=1S/C17H27NO3/c1-13-6-2-5-9-17(13)21-12-15(19)11-18-10-14-7-3-4-8-16(14)20/h2,5-6,9,14-16,18-20H,3-4,7-8,10-12H2,1H3. The Labute approximate surface area is 127 Å². The third-order valence-corrected chi connectivity index (χ3v) is 4.18. The Balaban J connectivity index is 1.63. The molecule has 1 aliphatic carbocycles. The monoisotopic (exact) mass is 293 g/mol. The number of aliphatic hydroxyl groups excluding tert-OH is 2. The van der Waals surface area contributed by atoms with Gasteiger partial charge in [0, 0.05) is 13.1 Å². The average Bonchev–Trinajstić information content (AvgIpc) is 2.48. The van der Waals surface area contributed by atoms with Gasteiger partial charge in [-0.15, -0.1) is 0 Å². The van der Waals surface area contributed by atoms with Gasteiger partial charge in [-0.25, -0.2) is 0 Å². The number of benzene rings is 1. The van der Waals surface area contributed by atoms with E-state index in [2.05, 4.69) is 5.32 Å². The van der Waals surface area contributed by atoms with E-state index in [0.29, 0.717) is 12.5 Å². The van der Waals surface area contributed by atoms with Crippen LogP contribution < -0.4 is 10.1 Å². The summed E-state index contributed by atoms with van der Waals surface area (Å²) in [6, 6.07) is 7.80. The molecule has 0 saturated heterocycles. The summed E-state index contributed by atoms with van der Waals surface area (Å²) in [6.45, 7) is 3.53. The van der Waals surface area contributed by atoms with Gasteiger partial charge in [-0.05, 0) is 37.3 Å². The molecule has 0 aliphatic heterocycles. The van der Waals surface area contributed by atoms with E-state index in [1.165, 1.54) is 6.42 Å². The van der Waals surface area contributed by atoms with Crippen LogP contribution in [0.4, 0.5) is 0 Å². The summed E-state index contributed by atoms with van der Waals surface area (Å²) in [5.74, 6) is 1.14. The highest BCUT2D eigenvalue weighted by molar-refractivity contribution is 5.31. The topological polar surface area (TPSA) is 61.7 Å². The number of ether oxygens (including phenoxy) is 1. The molecule has 118 valence electrons. The molecule has 1 aromatic carbocycles. The molecule has 0 radical (unpaired) electrons. The highest BCUT2D eigenvalue weighted by Crippen LogP contribution is 2.23. The number of rotatable bonds is 7. The van der Waals surface area contributed by atoms with Gasteiger partial charge in [0.15, 0.2) is 0 Å². The van der Waals surface area contributed by atoms with Crippen molar-refractivity contribution in [2.45, 2.75) is 44.8 Å². The lowest BCUT2D eigenvalue weighted by atomic mass is 9.86. The van der Waals surface area contributed by atoms with Crippen molar-refractivity contribution in [1.29, 1.82) is 0 Å². The second-order valence-electron chi connectivity index (χ2n) is 6.00. The van der Waals surface area contributed by atoms with Crippen LogP contribution in [-0.2, 0) is 0 Å². The molecule has 0 bridgehead atoms. The predicted molar refractivity (Wildman–Crippen MR) is 83.5 cm³/mol. The Morgan fingerprint density at radius 1 is 1.29 bits per heavy atom. The molecule has 3 unspecified atom stereocenters. The van der Waals surface area contributed by atoms with Crippen molar-refractivity contribution in [2.75, 3.05) is 19.7 Å². The molecule has 2 rings (SSSR count). The molecule has 3 N–H and O–H groups in total. The highest BCUT2D eigenvalue weighted by Gasteiger charge is 2.22. The number of hydrogen-bond donors (Lipinski definition) is 3. The Hall–Kier alpha value is -1.10. The van der Waals surface area contributed by atoms with Gasteiger partial charge in [-0.2, -0.15) is 0 Å². The SMILES string of the molecule is Cc1ccccc1OCC(O)CNCC1CCCCC1O. The second-order valence-corrected chi connectivity index (χ2v) is 6.00. The summed E-state index contributed by atoms with van der Waals surface area (Å²) in [5, 5.41) is 23.1. The van der Waals surface area contributed by atoms with Crippen LogP contribution in [0.2, 0.25) is 0 Å². The third-order valence-electron chi connectivity index (χ3n) is 4.18. The Kier molecular flexibility index (Phi) is 6.49. The largest absolute Gasteiger partial charge is 0.491 e. The maximum atomic E-state index is 9.95. The zero-order valence-corrected chi connectivity index (χ0v) is 12.8. The summed E-state index contributed by atoms with van der Waals surface area (Å²) >= 11 is 0. The minimum absolute atomic E-state index is 0.188. The van der Waals surface area contributed by atoms with Crippen LogP contribution in [-0.4, -0.2) is 42.1 Å². The molecular weight excluding hydrogens is 266 g/mol. The molecule has 0 spiro atoms. The number of aliphatic hydroxyl groups is 2. The number of hydrogen-bond acceptors (Lipinski definition) is 4. The Morgan fingerprint density at radius 2 is 2.05 bits per heavy atom. The van der Waals surface area contributed by atoms with Crippen LogP contribution in [0.3, 0.4) is 0 Å². The van der Waals surface area contributed by atoms with Crippen molar-refractivity contribution >= 4 is 0 Å². The zero-order chi connectivity index (χ0) is 15.1. The van der Waals surface area contributed by atoms with E-state index in [4.69, 9.17) is 4.74 Å². The van der Waals surface area contributed by atoms with Crippen molar-refractivity contribution in [3.63, 3.8) is 0 Å². The van der Waals surface area contributed by atoms with Crippen molar-refractivity contribution in [2.24, 2.45) is 5.92 Å². The first-order chi connectivity index (χ1) is 10.2. The fourth-order valence-electron chi connectivity index (χ4n) is 2.82. The van der Waals surface area contributed by atoms with Crippen LogP contribution in [0.5, 0.6) is 5.75 Å². The van der Waals surface area contributed by atoms with E-state index in [9.17, 15) is 10.2 Å². The predicted octanol–water partition coefficient (Wildman–Crippen LogP) is 1.88. The third kappa shape index (κ3) is 5.30. The van der Waals surface area contributed by atoms with Crippen molar-refractivity contribution in [3.05, 3.63) is 29.8 Å². The van der Waals surface area contributed by atoms with Gasteiger partial charge in [0.25, 0.3) is 0 Å². The number of nitrogens with one attached hydrogen (secondary N) is 1. The van der Waals surface area contributed by atoms with Crippen LogP contribution in [0, 0.1) is 12.8 Å². The van der Waals surface area contributed by atoms with Crippen molar-refractivity contribution < 1.29 is 14.9 Å². The summed E-state index contributed by atoms with van der Waals surface area (Å²) in [6.07, 6.45) is 3.58. The minimum atomic E-state index is -0.537. The molecule has 21 heavy (non-hydrogen) atoms. The van der Waals surface area contributed by atoms with Gasteiger partial charge in [0.1, 0.15) is 18.5 Å². The summed E-state index contributed by atoms with van der Waals surface area (Å²) in [7, 11) is 0. The van der Waals surface area contributed by atoms with Crippen LogP contribution in [0.15, 0.2) is 24.3 Å². The fraction of sp³-hybridized carbons (Fsp3) is 0.647. The van der Waals surface area contributed by atoms with Crippen LogP contribution in [0.1, 0.15) is 31.2 Å². The van der Waals surface area contributed by atoms with Gasteiger partial charge in [-0.3, -0.25) is 0 Å². The van der Waals surface area contributed by atoms with E-state index >= 15 is 0 Å². The molecule has 0 amide bonds. The lowest BCUT2D eigenvalue weighted by Crippen LogP contribution is -2.38. The van der Waals surface area contributed by atoms with E-state index in [-0.39, 0.29) is 12.7 Å². The lowest BCUT2D eigenvalue weighted by Gasteiger charge is -2.28. The lowest BCUT2D eigenvalue weighted by molar-refractivity contribution is 0.0634. The Morgan fingerprint density at radius 3 is 2.81 bits per heavy atom. The van der Waals surface area contributed by atoms with Gasteiger partial charge < -0.3 is 20.3 Å². The maximum absolute atomic E-state index is 9.95. The number of para-hydroxylation sites is 1. The summed E-state index contributed by atoms with van der Waals surface area (Å²) < 4.78 is 5.62. The first kappa shape index (κ1) is 16.3. The molecule has 1 aliphatic rings. The van der Waals surface area contributed by atoms with Crippen LogP contribution in [0.25, 0.3) is 0 Å². The van der Waals surface area contributed by atoms with E-state index in [1.54, 1.807) is 0 Å². The first-order valence-corrected chi connectivity index (χ1v) is 7.92. The van der Waals surface area contributed by atoms with E-state index in [1.807, 2.05) is 31.2 Å². The van der Waals surface area contributed by atoms with Crippen molar-refractivity contribution in [1.82, 2.24) is 5.32 Å². The normalized spacial score (nSPS) is 23.8. The fourth-order valence-corrected chi connectivity index (χ4v) is 2.82. The van der Waals surface area contributed by atoms with Gasteiger partial charge in [-0.1, -0.05) is 31.0 Å². The molecule has 1 fully saturated rings. The van der Waals surface area contributed by atoms with Gasteiger partial charge >= 0.3 is 0 Å². The van der Waals surface area contributed by atoms with Gasteiger partial charge in [0.2, 0.25) is 0 Å². The molecule has 3 atom stereocenters. The molecule has 0 aromatic heterocycles. The quantitative estimate of drug-likeness (QED) is 0.718. The molecule has 4 heteroatoms. The number of aryl methyl sites for hydroxylation is 1. The smallest absolute Gasteiger partial charge is 0.122 e. The first-order valence-electron chi connectivity index (χ1n) is 7.92. The minimum Gasteiger partial charge on any atom is -0.491 e. The summed E-state index contributed by atoms with van der Waals surface area (Å²) in [4.78, 5) is 0. The van der Waals surface area contributed by atoms with Crippen molar-refractivity contribution in [3.8, 4) is 5.75 Å². The summed E-state index contributed by atoms with van der Waals surface area (Å²) in [5.41, 5.74) is 1.07. The van der Waals surface area contributed by atoms with Gasteiger partial charge in [0.05, 0.1) is 6.10 Å². The maximum Gasteiger partial charge on any atom is 0.122 e. The molecule has 1 aromatic rings. The zero-order valence-electron chi connectivity index (χ0n) is 12.8. The van der Waals surface area contributed by atoms with E-state index < -0.39 is 6.10 Å². The highest BCUT2D eigenvalue weighted by atomic mass is 16.5. The Bertz CT molecular complexity index is 424. The molecular formula is C17H27NO3. The molecule has 1 saturated carbocycles. The van der Waals surface area contributed by atoms with E-state index in [0.717, 1.165) is 37.1 Å². The average molecular weight is 293 g/mol. The van der Waals surface area contributed by atoms with Crippen LogP contribution >= 0.6 is 0 Å². The molecule has 4 nitrogen and oxygen atoms in total. The molecule has 0 heterocycles. The second kappa shape index (κ2) is 8.37.